The molecule has 0 saturated carbocycles. The minimum Gasteiger partial charge on any atom is -0.311 e. The Bertz CT molecular complexity index is 2420. The molecule has 8 aromatic carbocycles. The second-order valence-electron chi connectivity index (χ2n) is 15.2. The second-order valence-corrected chi connectivity index (χ2v) is 17.7. The summed E-state index contributed by atoms with van der Waals surface area (Å²) in [5.74, 6) is 0. The Kier molecular flexibility index (Phi) is 10.0. The van der Waals surface area contributed by atoms with Gasteiger partial charge in [-0.2, -0.15) is 0 Å². The van der Waals surface area contributed by atoms with Crippen LogP contribution in [-0.2, 0) is 5.41 Å². The second kappa shape index (κ2) is 15.3. The summed E-state index contributed by atoms with van der Waals surface area (Å²) in [6, 6.07) is 67.9. The molecular formula is C53H42I2N2. The minimum absolute atomic E-state index is 0.540. The van der Waals surface area contributed by atoms with Gasteiger partial charge in [-0.1, -0.05) is 107 Å². The first-order chi connectivity index (χ1) is 27.7. The van der Waals surface area contributed by atoms with Crippen LogP contribution in [0.3, 0.4) is 0 Å². The molecular weight excluding hydrogens is 918 g/mol. The van der Waals surface area contributed by atoms with E-state index in [1.54, 1.807) is 0 Å². The van der Waals surface area contributed by atoms with Crippen molar-refractivity contribution in [1.82, 2.24) is 0 Å². The van der Waals surface area contributed by atoms with Gasteiger partial charge in [0.1, 0.15) is 0 Å². The van der Waals surface area contributed by atoms with Crippen molar-refractivity contribution in [2.75, 3.05) is 9.80 Å². The monoisotopic (exact) mass is 960 g/mol. The molecule has 0 fully saturated rings. The van der Waals surface area contributed by atoms with E-state index in [1.807, 2.05) is 0 Å². The van der Waals surface area contributed by atoms with Crippen molar-refractivity contribution in [1.29, 1.82) is 0 Å². The Balaban J connectivity index is 1.24. The number of nitrogens with zero attached hydrogens (tertiary/aromatic N) is 2. The van der Waals surface area contributed by atoms with Crippen LogP contribution in [0.15, 0.2) is 182 Å². The lowest BCUT2D eigenvalue weighted by Crippen LogP contribution is -2.29. The van der Waals surface area contributed by atoms with E-state index in [2.05, 4.69) is 265 Å². The lowest BCUT2D eigenvalue weighted by Gasteiger charge is -2.35. The number of rotatable bonds is 8. The van der Waals surface area contributed by atoms with Gasteiger partial charge in [-0.05, 0) is 203 Å². The van der Waals surface area contributed by atoms with Crippen LogP contribution in [0.1, 0.15) is 44.5 Å². The summed E-state index contributed by atoms with van der Waals surface area (Å²) < 4.78 is 2.45. The smallest absolute Gasteiger partial charge is 0.0714 e. The van der Waals surface area contributed by atoms with Gasteiger partial charge in [-0.15, -0.1) is 0 Å². The molecule has 0 unspecified atom stereocenters. The zero-order valence-corrected chi connectivity index (χ0v) is 36.8. The molecule has 0 bridgehead atoms. The van der Waals surface area contributed by atoms with Gasteiger partial charge in [0.05, 0.1) is 5.41 Å². The predicted molar refractivity (Wildman–Crippen MR) is 257 cm³/mol. The zero-order valence-electron chi connectivity index (χ0n) is 32.5. The molecule has 0 spiro atoms. The van der Waals surface area contributed by atoms with E-state index >= 15 is 0 Å². The molecule has 57 heavy (non-hydrogen) atoms. The van der Waals surface area contributed by atoms with E-state index in [-0.39, 0.29) is 0 Å². The van der Waals surface area contributed by atoms with Crippen molar-refractivity contribution in [2.24, 2.45) is 0 Å². The molecule has 1 aliphatic carbocycles. The van der Waals surface area contributed by atoms with E-state index < -0.39 is 5.41 Å². The molecule has 9 rings (SSSR count). The van der Waals surface area contributed by atoms with Crippen LogP contribution < -0.4 is 9.80 Å². The summed E-state index contributed by atoms with van der Waals surface area (Å²) in [6.07, 6.45) is 0. The summed E-state index contributed by atoms with van der Waals surface area (Å²) >= 11 is 4.97. The minimum atomic E-state index is -0.540. The Labute approximate surface area is 364 Å². The van der Waals surface area contributed by atoms with Gasteiger partial charge < -0.3 is 9.80 Å². The maximum atomic E-state index is 2.48. The van der Waals surface area contributed by atoms with E-state index in [9.17, 15) is 0 Å². The van der Waals surface area contributed by atoms with Crippen LogP contribution in [0.4, 0.5) is 34.1 Å². The fourth-order valence-corrected chi connectivity index (χ4v) is 9.43. The first-order valence-electron chi connectivity index (χ1n) is 19.4. The molecule has 1 aliphatic rings. The van der Waals surface area contributed by atoms with Crippen LogP contribution in [0.2, 0.25) is 0 Å². The van der Waals surface area contributed by atoms with Crippen molar-refractivity contribution in [3.63, 3.8) is 0 Å². The first-order valence-corrected chi connectivity index (χ1v) is 21.5. The highest BCUT2D eigenvalue weighted by molar-refractivity contribution is 14.1. The van der Waals surface area contributed by atoms with Gasteiger partial charge in [0.15, 0.2) is 0 Å². The third-order valence-electron chi connectivity index (χ3n) is 11.3. The molecule has 0 heterocycles. The lowest BCUT2D eigenvalue weighted by atomic mass is 9.67. The van der Waals surface area contributed by atoms with Crippen molar-refractivity contribution in [3.8, 4) is 11.1 Å². The highest BCUT2D eigenvalue weighted by Gasteiger charge is 2.46. The van der Waals surface area contributed by atoms with Crippen LogP contribution in [0.25, 0.3) is 11.1 Å². The Morgan fingerprint density at radius 2 is 0.561 bits per heavy atom. The summed E-state index contributed by atoms with van der Waals surface area (Å²) in [5, 5.41) is 0. The van der Waals surface area contributed by atoms with Crippen LogP contribution in [0, 0.1) is 34.8 Å². The highest BCUT2D eigenvalue weighted by Crippen LogP contribution is 2.57. The molecule has 0 aliphatic heterocycles. The van der Waals surface area contributed by atoms with E-state index in [0.29, 0.717) is 0 Å². The molecule has 0 saturated heterocycles. The predicted octanol–water partition coefficient (Wildman–Crippen LogP) is 15.4. The van der Waals surface area contributed by atoms with Gasteiger partial charge >= 0.3 is 0 Å². The molecule has 0 N–H and O–H groups in total. The fraction of sp³-hybridized carbons (Fsp3) is 0.0943. The van der Waals surface area contributed by atoms with Crippen LogP contribution in [-0.4, -0.2) is 0 Å². The molecule has 0 aromatic heterocycles. The summed E-state index contributed by atoms with van der Waals surface area (Å²) in [7, 11) is 0. The number of hydrogen-bond donors (Lipinski definition) is 0. The number of aryl methyl sites for hydroxylation is 4. The van der Waals surface area contributed by atoms with Crippen LogP contribution >= 0.6 is 45.2 Å². The number of hydrogen-bond acceptors (Lipinski definition) is 2. The molecule has 2 nitrogen and oxygen atoms in total. The summed E-state index contributed by atoms with van der Waals surface area (Å²) in [4.78, 5) is 4.72. The maximum absolute atomic E-state index is 2.48. The quantitative estimate of drug-likeness (QED) is 0.140. The third-order valence-corrected chi connectivity index (χ3v) is 12.7. The molecule has 0 radical (unpaired) electrons. The number of halogens is 2. The number of benzene rings is 8. The van der Waals surface area contributed by atoms with Gasteiger partial charge in [0.2, 0.25) is 0 Å². The zero-order chi connectivity index (χ0) is 39.3. The summed E-state index contributed by atoms with van der Waals surface area (Å²) in [6.45, 7) is 8.57. The van der Waals surface area contributed by atoms with Gasteiger partial charge in [0.25, 0.3) is 0 Å². The number of anilines is 6. The average Bonchev–Trinajstić information content (AvgIpc) is 3.50. The molecule has 0 amide bonds. The van der Waals surface area contributed by atoms with Gasteiger partial charge in [-0.3, -0.25) is 0 Å². The van der Waals surface area contributed by atoms with E-state index in [4.69, 9.17) is 0 Å². The van der Waals surface area contributed by atoms with Crippen molar-refractivity contribution >= 4 is 79.3 Å². The summed E-state index contributed by atoms with van der Waals surface area (Å²) in [5.41, 5.74) is 18.9. The average molecular weight is 961 g/mol. The fourth-order valence-electron chi connectivity index (χ4n) is 8.45. The van der Waals surface area contributed by atoms with Crippen molar-refractivity contribution < 1.29 is 0 Å². The highest BCUT2D eigenvalue weighted by atomic mass is 127. The lowest BCUT2D eigenvalue weighted by molar-refractivity contribution is 0.767. The van der Waals surface area contributed by atoms with Crippen molar-refractivity contribution in [3.05, 3.63) is 234 Å². The van der Waals surface area contributed by atoms with Crippen LogP contribution in [0.5, 0.6) is 0 Å². The van der Waals surface area contributed by atoms with E-state index in [0.717, 1.165) is 34.1 Å². The van der Waals surface area contributed by atoms with E-state index in [1.165, 1.54) is 62.8 Å². The molecule has 0 atom stereocenters. The normalized spacial score (nSPS) is 12.5. The standard InChI is InChI=1S/C53H42I2N2/c1-35-5-19-43(20-6-35)56(44-21-7-36(2)8-22-44)47-27-13-39(14-28-47)53(51-33-41(54)17-31-49(51)50-32-18-42(55)34-52(50)53)40-15-29-48(30-16-40)57(45-23-9-37(3)10-24-45)46-25-11-38(4)12-26-46/h5-34H,1-4H3. The maximum Gasteiger partial charge on any atom is 0.0714 e. The Morgan fingerprint density at radius 3 is 0.825 bits per heavy atom. The first kappa shape index (κ1) is 37.4. The number of fused-ring (bicyclic) bond motifs is 3. The topological polar surface area (TPSA) is 6.48 Å². The van der Waals surface area contributed by atoms with Gasteiger partial charge in [0, 0.05) is 41.3 Å². The molecule has 8 aromatic rings. The third kappa shape index (κ3) is 6.87. The Morgan fingerprint density at radius 1 is 0.316 bits per heavy atom. The van der Waals surface area contributed by atoms with Gasteiger partial charge in [-0.25, -0.2) is 0 Å². The molecule has 278 valence electrons. The van der Waals surface area contributed by atoms with Crippen molar-refractivity contribution in [2.45, 2.75) is 33.1 Å². The molecule has 4 heteroatoms. The Hall–Kier alpha value is -5.18. The SMILES string of the molecule is Cc1ccc(N(c2ccc(C)cc2)c2ccc(C3(c4ccc(N(c5ccc(C)cc5)c5ccc(C)cc5)cc4)c4cc(I)ccc4-c4ccc(I)cc43)cc2)cc1. The largest absolute Gasteiger partial charge is 0.311 e.